The van der Waals surface area contributed by atoms with Crippen molar-refractivity contribution in [1.29, 1.82) is 0 Å². The number of carbonyl (C=O) groups is 1. The summed E-state index contributed by atoms with van der Waals surface area (Å²) in [6.45, 7) is 5.79. The third kappa shape index (κ3) is 4.42. The normalized spacial score (nSPS) is 14.8. The number of carbonyl (C=O) groups excluding carboxylic acids is 1. The van der Waals surface area contributed by atoms with Crippen LogP contribution in [0.1, 0.15) is 47.5 Å². The Bertz CT molecular complexity index is 1320. The Morgan fingerprint density at radius 2 is 1.86 bits per heavy atom. The van der Waals surface area contributed by atoms with Gasteiger partial charge in [0.25, 0.3) is 0 Å². The average molecular weight is 484 g/mol. The van der Waals surface area contributed by atoms with Gasteiger partial charge in [0.15, 0.2) is 0 Å². The molecule has 0 unspecified atom stereocenters. The quantitative estimate of drug-likeness (QED) is 0.368. The second kappa shape index (κ2) is 10.4. The zero-order valence-electron chi connectivity index (χ0n) is 21.1. The van der Waals surface area contributed by atoms with E-state index in [1.807, 2.05) is 40.8 Å². The first-order valence-electron chi connectivity index (χ1n) is 12.6. The van der Waals surface area contributed by atoms with Crippen molar-refractivity contribution in [1.82, 2.24) is 24.6 Å². The van der Waals surface area contributed by atoms with Crippen LogP contribution in [0.15, 0.2) is 72.9 Å². The van der Waals surface area contributed by atoms with Gasteiger partial charge in [0, 0.05) is 32.0 Å². The Balaban J connectivity index is 1.64. The van der Waals surface area contributed by atoms with E-state index in [0.717, 1.165) is 46.9 Å². The lowest BCUT2D eigenvalue weighted by molar-refractivity contribution is 0.174. The summed E-state index contributed by atoms with van der Waals surface area (Å²) in [6, 6.07) is 22.6. The van der Waals surface area contributed by atoms with E-state index in [2.05, 4.69) is 65.5 Å². The van der Waals surface area contributed by atoms with E-state index in [9.17, 15) is 4.79 Å². The lowest BCUT2D eigenvalue weighted by Crippen LogP contribution is -2.42. The molecule has 2 amide bonds. The molecule has 0 aliphatic carbocycles. The summed E-state index contributed by atoms with van der Waals surface area (Å²) < 4.78 is 9.35. The molecule has 0 radical (unpaired) electrons. The highest BCUT2D eigenvalue weighted by Gasteiger charge is 2.35. The lowest BCUT2D eigenvalue weighted by atomic mass is 10.00. The van der Waals surface area contributed by atoms with E-state index >= 15 is 0 Å². The van der Waals surface area contributed by atoms with Gasteiger partial charge >= 0.3 is 6.03 Å². The third-order valence-electron chi connectivity index (χ3n) is 6.85. The van der Waals surface area contributed by atoms with Crippen molar-refractivity contribution in [2.45, 2.75) is 39.3 Å². The molecule has 1 N–H and O–H groups in total. The minimum Gasteiger partial charge on any atom is -0.385 e. The molecule has 1 aliphatic rings. The van der Waals surface area contributed by atoms with Crippen LogP contribution >= 0.6 is 0 Å². The van der Waals surface area contributed by atoms with Crippen molar-refractivity contribution in [2.24, 2.45) is 0 Å². The van der Waals surface area contributed by atoms with Gasteiger partial charge < -0.3 is 19.5 Å². The van der Waals surface area contributed by atoms with Gasteiger partial charge in [-0.15, -0.1) is 0 Å². The fraction of sp³-hybridized carbons (Fsp3) is 0.310. The standard InChI is InChI=1S/C29H33N5O2/c1-4-22-13-15-23(16-14-22)27-26-12-8-18-32(26)28-25(20-33(27)29(35)30-17-9-19-36-3)21(2)31-34(28)24-10-6-5-7-11-24/h5-8,10-16,18,27H,4,9,17,19-20H2,1-3H3,(H,30,35)/t27-/m0/s1. The number of nitrogens with one attached hydrogen (secondary N) is 1. The maximum Gasteiger partial charge on any atom is 0.318 e. The topological polar surface area (TPSA) is 64.3 Å². The molecule has 0 saturated heterocycles. The van der Waals surface area contributed by atoms with Crippen molar-refractivity contribution < 1.29 is 9.53 Å². The van der Waals surface area contributed by atoms with Crippen molar-refractivity contribution >= 4 is 6.03 Å². The molecule has 3 heterocycles. The molecule has 2 aromatic heterocycles. The number of nitrogens with zero attached hydrogens (tertiary/aromatic N) is 4. The second-order valence-electron chi connectivity index (χ2n) is 9.14. The van der Waals surface area contributed by atoms with E-state index in [1.54, 1.807) is 7.11 Å². The van der Waals surface area contributed by atoms with Crippen LogP contribution in [-0.4, -0.2) is 45.5 Å². The first-order valence-corrected chi connectivity index (χ1v) is 12.6. The van der Waals surface area contributed by atoms with Crippen LogP contribution < -0.4 is 5.32 Å². The van der Waals surface area contributed by atoms with Crippen LogP contribution in [0, 0.1) is 6.92 Å². The highest BCUT2D eigenvalue weighted by atomic mass is 16.5. The van der Waals surface area contributed by atoms with E-state index in [-0.39, 0.29) is 12.1 Å². The SMILES string of the molecule is CCc1ccc([C@H]2c3cccn3-c3c(c(C)nn3-c3ccccc3)CN2C(=O)NCCCOC)cc1. The molecule has 2 aromatic carbocycles. The molecule has 1 aliphatic heterocycles. The van der Waals surface area contributed by atoms with Gasteiger partial charge in [-0.05, 0) is 55.2 Å². The molecule has 0 spiro atoms. The molecule has 4 aromatic rings. The van der Waals surface area contributed by atoms with Crippen LogP contribution in [-0.2, 0) is 17.7 Å². The Kier molecular flexibility index (Phi) is 6.91. The van der Waals surface area contributed by atoms with Gasteiger partial charge in [-0.1, -0.05) is 49.4 Å². The van der Waals surface area contributed by atoms with Crippen LogP contribution in [0.4, 0.5) is 4.79 Å². The van der Waals surface area contributed by atoms with Crippen LogP contribution in [0.3, 0.4) is 0 Å². The van der Waals surface area contributed by atoms with Crippen molar-refractivity contribution in [3.63, 3.8) is 0 Å². The Hall–Kier alpha value is -3.84. The van der Waals surface area contributed by atoms with Crippen molar-refractivity contribution in [3.05, 3.63) is 101 Å². The van der Waals surface area contributed by atoms with E-state index in [4.69, 9.17) is 9.84 Å². The summed E-state index contributed by atoms with van der Waals surface area (Å²) in [5.74, 6) is 0.976. The van der Waals surface area contributed by atoms with Gasteiger partial charge in [0.1, 0.15) is 5.82 Å². The number of methoxy groups -OCH3 is 1. The Morgan fingerprint density at radius 1 is 1.08 bits per heavy atom. The number of ether oxygens (including phenoxy) is 1. The largest absolute Gasteiger partial charge is 0.385 e. The monoisotopic (exact) mass is 483 g/mol. The van der Waals surface area contributed by atoms with E-state index < -0.39 is 0 Å². The lowest BCUT2D eigenvalue weighted by Gasteiger charge is -2.31. The minimum absolute atomic E-state index is 0.0943. The molecule has 7 nitrogen and oxygen atoms in total. The highest BCUT2D eigenvalue weighted by Crippen LogP contribution is 2.38. The maximum atomic E-state index is 13.7. The Morgan fingerprint density at radius 3 is 2.58 bits per heavy atom. The summed E-state index contributed by atoms with van der Waals surface area (Å²) in [6.07, 6.45) is 3.81. The maximum absolute atomic E-state index is 13.7. The highest BCUT2D eigenvalue weighted by molar-refractivity contribution is 5.76. The van der Waals surface area contributed by atoms with Crippen LogP contribution in [0.25, 0.3) is 11.5 Å². The third-order valence-corrected chi connectivity index (χ3v) is 6.85. The predicted octanol–water partition coefficient (Wildman–Crippen LogP) is 5.18. The number of amides is 2. The van der Waals surface area contributed by atoms with Gasteiger partial charge in [-0.3, -0.25) is 0 Å². The smallest absolute Gasteiger partial charge is 0.318 e. The number of hydrogen-bond donors (Lipinski definition) is 1. The molecule has 36 heavy (non-hydrogen) atoms. The number of benzene rings is 2. The summed E-state index contributed by atoms with van der Waals surface area (Å²) >= 11 is 0. The summed E-state index contributed by atoms with van der Waals surface area (Å²) in [5, 5.41) is 8.02. The molecule has 1 atom stereocenters. The van der Waals surface area contributed by atoms with Gasteiger partial charge in [-0.2, -0.15) is 5.10 Å². The first-order chi connectivity index (χ1) is 17.6. The second-order valence-corrected chi connectivity index (χ2v) is 9.14. The van der Waals surface area contributed by atoms with Crippen LogP contribution in [0.5, 0.6) is 0 Å². The Labute approximate surface area is 212 Å². The molecule has 186 valence electrons. The number of fused-ring (bicyclic) bond motifs is 3. The summed E-state index contributed by atoms with van der Waals surface area (Å²) in [7, 11) is 1.68. The predicted molar refractivity (Wildman–Crippen MR) is 141 cm³/mol. The molecule has 0 fully saturated rings. The zero-order valence-corrected chi connectivity index (χ0v) is 21.1. The van der Waals surface area contributed by atoms with Gasteiger partial charge in [0.05, 0.1) is 29.7 Å². The molecular weight excluding hydrogens is 450 g/mol. The fourth-order valence-electron chi connectivity index (χ4n) is 4.95. The molecule has 0 saturated carbocycles. The van der Waals surface area contributed by atoms with Crippen molar-refractivity contribution in [3.8, 4) is 11.5 Å². The summed E-state index contributed by atoms with van der Waals surface area (Å²) in [5.41, 5.74) is 6.33. The number of urea groups is 1. The first kappa shape index (κ1) is 23.9. The number of aromatic nitrogens is 3. The molecule has 5 rings (SSSR count). The number of aryl methyl sites for hydroxylation is 2. The van der Waals surface area contributed by atoms with Gasteiger partial charge in [-0.25, -0.2) is 9.48 Å². The number of para-hydroxylation sites is 1. The zero-order chi connectivity index (χ0) is 25.1. The van der Waals surface area contributed by atoms with Crippen LogP contribution in [0.2, 0.25) is 0 Å². The molecule has 0 bridgehead atoms. The number of rotatable bonds is 7. The molecule has 7 heteroatoms. The average Bonchev–Trinajstić information content (AvgIpc) is 3.47. The van der Waals surface area contributed by atoms with Crippen molar-refractivity contribution in [2.75, 3.05) is 20.3 Å². The van der Waals surface area contributed by atoms with Gasteiger partial charge in [0.2, 0.25) is 0 Å². The minimum atomic E-state index is -0.246. The van der Waals surface area contributed by atoms with E-state index in [1.165, 1.54) is 5.56 Å². The molecular formula is C29H33N5O2. The number of hydrogen-bond acceptors (Lipinski definition) is 3. The van der Waals surface area contributed by atoms with E-state index in [0.29, 0.717) is 19.7 Å². The summed E-state index contributed by atoms with van der Waals surface area (Å²) in [4.78, 5) is 15.6. The fourth-order valence-corrected chi connectivity index (χ4v) is 4.95.